The molecule has 0 bridgehead atoms. The van der Waals surface area contributed by atoms with Crippen LogP contribution in [0, 0.1) is 5.82 Å². The molecule has 0 radical (unpaired) electrons. The van der Waals surface area contributed by atoms with Gasteiger partial charge >= 0.3 is 0 Å². The zero-order valence-electron chi connectivity index (χ0n) is 8.53. The van der Waals surface area contributed by atoms with Crippen molar-refractivity contribution in [3.05, 3.63) is 41.7 Å². The van der Waals surface area contributed by atoms with Crippen molar-refractivity contribution >= 4 is 6.08 Å². The Morgan fingerprint density at radius 1 is 1.27 bits per heavy atom. The molecule has 3 heteroatoms. The first-order valence-electron chi connectivity index (χ1n) is 4.93. The molecule has 0 aliphatic carbocycles. The van der Waals surface area contributed by atoms with Gasteiger partial charge in [-0.2, -0.15) is 0 Å². The number of rotatable bonds is 6. The van der Waals surface area contributed by atoms with E-state index in [1.807, 2.05) is 12.2 Å². The maximum atomic E-state index is 12.5. The standard InChI is InChI=1S/C12H15FO2/c13-12-6-4-11(5-7-12)3-1-9-15-10-2-8-14/h1,3-7,14H,2,8-10H2. The SMILES string of the molecule is OCCCOCC=Cc1ccc(F)cc1. The Hall–Kier alpha value is -1.19. The predicted octanol–water partition coefficient (Wildman–Crippen LogP) is 2.24. The summed E-state index contributed by atoms with van der Waals surface area (Å²) in [6.07, 6.45) is 4.40. The van der Waals surface area contributed by atoms with Gasteiger partial charge in [0, 0.05) is 13.2 Å². The topological polar surface area (TPSA) is 29.5 Å². The van der Waals surface area contributed by atoms with Crippen molar-refractivity contribution in [3.8, 4) is 0 Å². The van der Waals surface area contributed by atoms with Gasteiger partial charge in [0.1, 0.15) is 5.82 Å². The molecule has 0 spiro atoms. The summed E-state index contributed by atoms with van der Waals surface area (Å²) in [6, 6.07) is 6.26. The maximum Gasteiger partial charge on any atom is 0.123 e. The number of aliphatic hydroxyl groups excluding tert-OH is 1. The molecule has 0 atom stereocenters. The first-order chi connectivity index (χ1) is 7.33. The van der Waals surface area contributed by atoms with Crippen LogP contribution >= 0.6 is 0 Å². The molecule has 0 aliphatic rings. The second-order valence-electron chi connectivity index (χ2n) is 3.11. The molecule has 1 rings (SSSR count). The van der Waals surface area contributed by atoms with Crippen LogP contribution in [0.25, 0.3) is 6.08 Å². The van der Waals surface area contributed by atoms with Gasteiger partial charge < -0.3 is 9.84 Å². The molecule has 0 amide bonds. The Labute approximate surface area is 89.0 Å². The summed E-state index contributed by atoms with van der Waals surface area (Å²) in [5.74, 6) is -0.230. The molecular weight excluding hydrogens is 195 g/mol. The van der Waals surface area contributed by atoms with Crippen molar-refractivity contribution in [1.29, 1.82) is 0 Å². The van der Waals surface area contributed by atoms with E-state index in [-0.39, 0.29) is 12.4 Å². The lowest BCUT2D eigenvalue weighted by Gasteiger charge is -1.97. The van der Waals surface area contributed by atoms with E-state index < -0.39 is 0 Å². The van der Waals surface area contributed by atoms with Crippen LogP contribution in [0.4, 0.5) is 4.39 Å². The molecule has 1 aromatic rings. The molecule has 0 heterocycles. The van der Waals surface area contributed by atoms with Crippen LogP contribution < -0.4 is 0 Å². The monoisotopic (exact) mass is 210 g/mol. The molecule has 0 saturated carbocycles. The fourth-order valence-electron chi connectivity index (χ4n) is 1.08. The zero-order chi connectivity index (χ0) is 10.9. The Bertz CT molecular complexity index is 293. The van der Waals surface area contributed by atoms with Crippen molar-refractivity contribution in [2.24, 2.45) is 0 Å². The summed E-state index contributed by atoms with van der Waals surface area (Å²) in [6.45, 7) is 1.23. The average Bonchev–Trinajstić information content (AvgIpc) is 2.26. The Balaban J connectivity index is 2.23. The first-order valence-corrected chi connectivity index (χ1v) is 4.93. The molecule has 1 aromatic carbocycles. The lowest BCUT2D eigenvalue weighted by molar-refractivity contribution is 0.139. The van der Waals surface area contributed by atoms with Gasteiger partial charge in [-0.15, -0.1) is 0 Å². The van der Waals surface area contributed by atoms with E-state index in [2.05, 4.69) is 0 Å². The van der Waals surface area contributed by atoms with E-state index in [9.17, 15) is 4.39 Å². The van der Waals surface area contributed by atoms with Crippen molar-refractivity contribution in [1.82, 2.24) is 0 Å². The van der Waals surface area contributed by atoms with Gasteiger partial charge in [-0.25, -0.2) is 4.39 Å². The summed E-state index contributed by atoms with van der Waals surface area (Å²) in [7, 11) is 0. The number of benzene rings is 1. The molecule has 0 aromatic heterocycles. The van der Waals surface area contributed by atoms with Gasteiger partial charge in [-0.3, -0.25) is 0 Å². The van der Waals surface area contributed by atoms with E-state index in [0.717, 1.165) is 5.56 Å². The highest BCUT2D eigenvalue weighted by atomic mass is 19.1. The minimum Gasteiger partial charge on any atom is -0.396 e. The molecule has 0 aliphatic heterocycles. The van der Waals surface area contributed by atoms with E-state index in [0.29, 0.717) is 19.6 Å². The van der Waals surface area contributed by atoms with Gasteiger partial charge in [0.05, 0.1) is 6.61 Å². The van der Waals surface area contributed by atoms with Crippen molar-refractivity contribution in [2.45, 2.75) is 6.42 Å². The molecule has 15 heavy (non-hydrogen) atoms. The van der Waals surface area contributed by atoms with E-state index in [4.69, 9.17) is 9.84 Å². The molecular formula is C12H15FO2. The highest BCUT2D eigenvalue weighted by Gasteiger charge is 1.88. The van der Waals surface area contributed by atoms with Gasteiger partial charge in [0.15, 0.2) is 0 Å². The third kappa shape index (κ3) is 5.30. The first kappa shape index (κ1) is 11.9. The van der Waals surface area contributed by atoms with Crippen LogP contribution in [0.5, 0.6) is 0 Å². The van der Waals surface area contributed by atoms with Crippen LogP contribution in [0.15, 0.2) is 30.3 Å². The maximum absolute atomic E-state index is 12.5. The summed E-state index contributed by atoms with van der Waals surface area (Å²) in [5.41, 5.74) is 0.946. The fourth-order valence-corrected chi connectivity index (χ4v) is 1.08. The van der Waals surface area contributed by atoms with Gasteiger partial charge in [-0.1, -0.05) is 24.3 Å². The van der Waals surface area contributed by atoms with Crippen LogP contribution in [-0.4, -0.2) is 24.9 Å². The lowest BCUT2D eigenvalue weighted by atomic mass is 10.2. The highest BCUT2D eigenvalue weighted by Crippen LogP contribution is 2.04. The van der Waals surface area contributed by atoms with Gasteiger partial charge in [-0.05, 0) is 24.1 Å². The number of ether oxygens (including phenoxy) is 1. The number of hydrogen-bond donors (Lipinski definition) is 1. The van der Waals surface area contributed by atoms with Crippen LogP contribution in [0.3, 0.4) is 0 Å². The molecule has 0 fully saturated rings. The smallest absolute Gasteiger partial charge is 0.123 e. The Morgan fingerprint density at radius 2 is 2.00 bits per heavy atom. The number of halogens is 1. The van der Waals surface area contributed by atoms with E-state index >= 15 is 0 Å². The Morgan fingerprint density at radius 3 is 2.67 bits per heavy atom. The quantitative estimate of drug-likeness (QED) is 0.730. The fraction of sp³-hybridized carbons (Fsp3) is 0.333. The number of aliphatic hydroxyl groups is 1. The molecule has 0 unspecified atom stereocenters. The average molecular weight is 210 g/mol. The normalized spacial score (nSPS) is 11.1. The van der Waals surface area contributed by atoms with E-state index in [1.165, 1.54) is 12.1 Å². The van der Waals surface area contributed by atoms with E-state index in [1.54, 1.807) is 12.1 Å². The number of hydrogen-bond acceptors (Lipinski definition) is 2. The molecule has 0 saturated heterocycles. The second-order valence-corrected chi connectivity index (χ2v) is 3.11. The van der Waals surface area contributed by atoms with Crippen LogP contribution in [0.2, 0.25) is 0 Å². The van der Waals surface area contributed by atoms with Crippen LogP contribution in [0.1, 0.15) is 12.0 Å². The molecule has 82 valence electrons. The van der Waals surface area contributed by atoms with Gasteiger partial charge in [0.25, 0.3) is 0 Å². The third-order valence-electron chi connectivity index (χ3n) is 1.84. The van der Waals surface area contributed by atoms with Crippen molar-refractivity contribution < 1.29 is 14.2 Å². The lowest BCUT2D eigenvalue weighted by Crippen LogP contribution is -1.96. The molecule has 2 nitrogen and oxygen atoms in total. The largest absolute Gasteiger partial charge is 0.396 e. The highest BCUT2D eigenvalue weighted by molar-refractivity contribution is 5.48. The van der Waals surface area contributed by atoms with Gasteiger partial charge in [0.2, 0.25) is 0 Å². The second kappa shape index (κ2) is 7.15. The summed E-state index contributed by atoms with van der Waals surface area (Å²) >= 11 is 0. The van der Waals surface area contributed by atoms with Crippen LogP contribution in [-0.2, 0) is 4.74 Å². The van der Waals surface area contributed by atoms with Crippen molar-refractivity contribution in [3.63, 3.8) is 0 Å². The summed E-state index contributed by atoms with van der Waals surface area (Å²) in [5, 5.41) is 8.49. The summed E-state index contributed by atoms with van der Waals surface area (Å²) in [4.78, 5) is 0. The predicted molar refractivity (Wildman–Crippen MR) is 58.0 cm³/mol. The summed E-state index contributed by atoms with van der Waals surface area (Å²) < 4.78 is 17.7. The third-order valence-corrected chi connectivity index (χ3v) is 1.84. The zero-order valence-corrected chi connectivity index (χ0v) is 8.53. The minimum atomic E-state index is -0.230. The Kier molecular flexibility index (Phi) is 5.66. The van der Waals surface area contributed by atoms with Crippen molar-refractivity contribution in [2.75, 3.05) is 19.8 Å². The minimum absolute atomic E-state index is 0.154. The molecule has 1 N–H and O–H groups in total.